The molecule has 0 saturated heterocycles. The van der Waals surface area contributed by atoms with Gasteiger partial charge in [-0.1, -0.05) is 13.0 Å². The molecule has 3 nitrogen and oxygen atoms in total. The zero-order valence-electron chi connectivity index (χ0n) is 10.7. The second kappa shape index (κ2) is 5.14. The number of anilines is 2. The molecular formula is C14H21FN2O. The van der Waals surface area contributed by atoms with E-state index >= 15 is 0 Å². The van der Waals surface area contributed by atoms with Crippen molar-refractivity contribution in [2.24, 2.45) is 5.92 Å². The summed E-state index contributed by atoms with van der Waals surface area (Å²) in [4.78, 5) is 0. The number of nitrogen functional groups attached to an aromatic ring is 1. The van der Waals surface area contributed by atoms with E-state index in [2.05, 4.69) is 12.2 Å². The third-order valence-corrected chi connectivity index (χ3v) is 3.87. The molecule has 0 atom stereocenters. The summed E-state index contributed by atoms with van der Waals surface area (Å²) in [5.41, 5.74) is 5.63. The Hall–Kier alpha value is -1.29. The summed E-state index contributed by atoms with van der Waals surface area (Å²) in [6, 6.07) is 4.67. The highest BCUT2D eigenvalue weighted by atomic mass is 19.1. The SMILES string of the molecule is CC1CCC(O)(CNc2cccc(F)c2N)CC1. The molecule has 0 radical (unpaired) electrons. The van der Waals surface area contributed by atoms with Crippen molar-refractivity contribution in [3.05, 3.63) is 24.0 Å². The van der Waals surface area contributed by atoms with Gasteiger partial charge in [0.05, 0.1) is 17.0 Å². The Morgan fingerprint density at radius 2 is 2.11 bits per heavy atom. The van der Waals surface area contributed by atoms with Gasteiger partial charge in [-0.15, -0.1) is 0 Å². The number of hydrogen-bond acceptors (Lipinski definition) is 3. The van der Waals surface area contributed by atoms with E-state index < -0.39 is 11.4 Å². The highest BCUT2D eigenvalue weighted by molar-refractivity contribution is 5.66. The first kappa shape index (κ1) is 13.1. The molecule has 1 aliphatic rings. The van der Waals surface area contributed by atoms with Gasteiger partial charge < -0.3 is 16.2 Å². The average Bonchev–Trinajstić information content (AvgIpc) is 2.35. The molecule has 1 aliphatic carbocycles. The van der Waals surface area contributed by atoms with Crippen LogP contribution in [0, 0.1) is 11.7 Å². The lowest BCUT2D eigenvalue weighted by Crippen LogP contribution is -2.40. The van der Waals surface area contributed by atoms with Gasteiger partial charge >= 0.3 is 0 Å². The van der Waals surface area contributed by atoms with E-state index in [1.165, 1.54) is 6.07 Å². The highest BCUT2D eigenvalue weighted by Gasteiger charge is 2.31. The van der Waals surface area contributed by atoms with Gasteiger partial charge in [0.2, 0.25) is 0 Å². The van der Waals surface area contributed by atoms with E-state index in [4.69, 9.17) is 5.73 Å². The molecule has 1 aromatic carbocycles. The first-order valence-corrected chi connectivity index (χ1v) is 6.50. The van der Waals surface area contributed by atoms with E-state index in [-0.39, 0.29) is 5.69 Å². The van der Waals surface area contributed by atoms with Crippen LogP contribution >= 0.6 is 0 Å². The Labute approximate surface area is 107 Å². The maximum atomic E-state index is 13.3. The lowest BCUT2D eigenvalue weighted by molar-refractivity contribution is 0.00502. The fourth-order valence-electron chi connectivity index (χ4n) is 2.43. The Morgan fingerprint density at radius 1 is 1.44 bits per heavy atom. The van der Waals surface area contributed by atoms with Crippen molar-refractivity contribution in [1.82, 2.24) is 0 Å². The largest absolute Gasteiger partial charge is 0.395 e. The molecule has 0 amide bonds. The smallest absolute Gasteiger partial charge is 0.148 e. The average molecular weight is 252 g/mol. The monoisotopic (exact) mass is 252 g/mol. The summed E-state index contributed by atoms with van der Waals surface area (Å²) >= 11 is 0. The van der Waals surface area contributed by atoms with Crippen LogP contribution in [0.4, 0.5) is 15.8 Å². The van der Waals surface area contributed by atoms with Crippen LogP contribution in [0.2, 0.25) is 0 Å². The third-order valence-electron chi connectivity index (χ3n) is 3.87. The molecule has 1 fully saturated rings. The van der Waals surface area contributed by atoms with E-state index in [0.29, 0.717) is 18.2 Å². The van der Waals surface area contributed by atoms with Crippen molar-refractivity contribution >= 4 is 11.4 Å². The number of benzene rings is 1. The van der Waals surface area contributed by atoms with Gasteiger partial charge in [-0.05, 0) is 43.7 Å². The number of nitrogens with two attached hydrogens (primary N) is 1. The summed E-state index contributed by atoms with van der Waals surface area (Å²) in [6.07, 6.45) is 3.65. The summed E-state index contributed by atoms with van der Waals surface area (Å²) in [6.45, 7) is 2.63. The first-order chi connectivity index (χ1) is 8.50. The zero-order chi connectivity index (χ0) is 13.2. The number of rotatable bonds is 3. The molecule has 100 valence electrons. The molecule has 4 N–H and O–H groups in total. The van der Waals surface area contributed by atoms with Crippen LogP contribution in [-0.4, -0.2) is 17.3 Å². The molecule has 2 rings (SSSR count). The standard InChI is InChI=1S/C14H21FN2O/c1-10-5-7-14(18,8-6-10)9-17-12-4-2-3-11(15)13(12)16/h2-4,10,17-18H,5-9,16H2,1H3. The molecule has 0 bridgehead atoms. The number of aliphatic hydroxyl groups is 1. The predicted octanol–water partition coefficient (Wildman–Crippen LogP) is 2.76. The lowest BCUT2D eigenvalue weighted by Gasteiger charge is -2.35. The van der Waals surface area contributed by atoms with Crippen LogP contribution in [-0.2, 0) is 0 Å². The minimum absolute atomic E-state index is 0.116. The number of hydrogen-bond donors (Lipinski definition) is 3. The third kappa shape index (κ3) is 2.93. The summed E-state index contributed by atoms with van der Waals surface area (Å²) in [5, 5.41) is 13.5. The second-order valence-corrected chi connectivity index (χ2v) is 5.46. The van der Waals surface area contributed by atoms with Crippen molar-refractivity contribution in [2.45, 2.75) is 38.2 Å². The molecule has 0 unspecified atom stereocenters. The molecule has 1 saturated carbocycles. The molecule has 0 aromatic heterocycles. The zero-order valence-corrected chi connectivity index (χ0v) is 10.7. The Bertz CT molecular complexity index is 414. The number of halogens is 1. The molecule has 0 spiro atoms. The van der Waals surface area contributed by atoms with Crippen molar-refractivity contribution in [3.63, 3.8) is 0 Å². The van der Waals surface area contributed by atoms with Crippen LogP contribution in [0.15, 0.2) is 18.2 Å². The number of nitrogens with one attached hydrogen (secondary N) is 1. The summed E-state index contributed by atoms with van der Waals surface area (Å²) < 4.78 is 13.3. The Kier molecular flexibility index (Phi) is 3.76. The summed E-state index contributed by atoms with van der Waals surface area (Å²) in [5.74, 6) is 0.258. The lowest BCUT2D eigenvalue weighted by atomic mass is 9.79. The van der Waals surface area contributed by atoms with E-state index in [0.717, 1.165) is 25.7 Å². The minimum atomic E-state index is -0.689. The fourth-order valence-corrected chi connectivity index (χ4v) is 2.43. The first-order valence-electron chi connectivity index (χ1n) is 6.50. The normalized spacial score (nSPS) is 28.1. The van der Waals surface area contributed by atoms with Crippen LogP contribution in [0.5, 0.6) is 0 Å². The van der Waals surface area contributed by atoms with Gasteiger partial charge in [-0.3, -0.25) is 0 Å². The van der Waals surface area contributed by atoms with Gasteiger partial charge in [-0.25, -0.2) is 4.39 Å². The molecule has 18 heavy (non-hydrogen) atoms. The molecule has 1 aromatic rings. The maximum Gasteiger partial charge on any atom is 0.148 e. The summed E-state index contributed by atoms with van der Waals surface area (Å²) in [7, 11) is 0. The van der Waals surface area contributed by atoms with Crippen molar-refractivity contribution in [3.8, 4) is 0 Å². The van der Waals surface area contributed by atoms with Gasteiger partial charge in [0.25, 0.3) is 0 Å². The van der Waals surface area contributed by atoms with Gasteiger partial charge in [0.15, 0.2) is 0 Å². The van der Waals surface area contributed by atoms with Crippen LogP contribution in [0.3, 0.4) is 0 Å². The molecule has 0 heterocycles. The second-order valence-electron chi connectivity index (χ2n) is 5.46. The highest BCUT2D eigenvalue weighted by Crippen LogP contribution is 2.32. The quantitative estimate of drug-likeness (QED) is 0.725. The minimum Gasteiger partial charge on any atom is -0.395 e. The molecule has 4 heteroatoms. The fraction of sp³-hybridized carbons (Fsp3) is 0.571. The van der Waals surface area contributed by atoms with Crippen LogP contribution in [0.25, 0.3) is 0 Å². The van der Waals surface area contributed by atoms with Crippen molar-refractivity contribution < 1.29 is 9.50 Å². The van der Waals surface area contributed by atoms with Gasteiger partial charge in [0.1, 0.15) is 5.82 Å². The van der Waals surface area contributed by atoms with Crippen LogP contribution in [0.1, 0.15) is 32.6 Å². The predicted molar refractivity (Wildman–Crippen MR) is 71.9 cm³/mol. The number of para-hydroxylation sites is 1. The Balaban J connectivity index is 1.97. The molecular weight excluding hydrogens is 231 g/mol. The van der Waals surface area contributed by atoms with Crippen LogP contribution < -0.4 is 11.1 Å². The van der Waals surface area contributed by atoms with Crippen molar-refractivity contribution in [2.75, 3.05) is 17.6 Å². The van der Waals surface area contributed by atoms with E-state index in [1.54, 1.807) is 12.1 Å². The van der Waals surface area contributed by atoms with Gasteiger partial charge in [-0.2, -0.15) is 0 Å². The van der Waals surface area contributed by atoms with Gasteiger partial charge in [0, 0.05) is 6.54 Å². The van der Waals surface area contributed by atoms with E-state index in [9.17, 15) is 9.50 Å². The van der Waals surface area contributed by atoms with Crippen molar-refractivity contribution in [1.29, 1.82) is 0 Å². The molecule has 0 aliphatic heterocycles. The Morgan fingerprint density at radius 3 is 2.78 bits per heavy atom. The maximum absolute atomic E-state index is 13.3. The topological polar surface area (TPSA) is 58.3 Å². The van der Waals surface area contributed by atoms with E-state index in [1.807, 2.05) is 0 Å².